The van der Waals surface area contributed by atoms with Gasteiger partial charge in [0.05, 0.1) is 5.75 Å². The van der Waals surface area contributed by atoms with E-state index in [4.69, 9.17) is 0 Å². The summed E-state index contributed by atoms with van der Waals surface area (Å²) >= 11 is 1.21. The average Bonchev–Trinajstić information content (AvgIpc) is 2.74. The van der Waals surface area contributed by atoms with Crippen LogP contribution in [0.15, 0.2) is 29.2 Å². The molecule has 1 aromatic carbocycles. The predicted molar refractivity (Wildman–Crippen MR) is 81.0 cm³/mol. The van der Waals surface area contributed by atoms with Crippen molar-refractivity contribution in [3.63, 3.8) is 0 Å². The lowest BCUT2D eigenvalue weighted by atomic mass is 10.2. The SMILES string of the molecule is CCn1c(C)cc(C(=O)CSc2ccc(F)c(F)c2)c1C. The third kappa shape index (κ3) is 3.35. The van der Waals surface area contributed by atoms with E-state index in [0.717, 1.165) is 30.1 Å². The molecule has 0 atom stereocenters. The van der Waals surface area contributed by atoms with Crippen molar-refractivity contribution in [1.29, 1.82) is 0 Å². The van der Waals surface area contributed by atoms with Gasteiger partial charge in [-0.2, -0.15) is 0 Å². The topological polar surface area (TPSA) is 22.0 Å². The molecule has 0 aliphatic carbocycles. The molecule has 0 saturated carbocycles. The first-order chi connectivity index (χ1) is 9.93. The van der Waals surface area contributed by atoms with E-state index in [2.05, 4.69) is 4.57 Å². The highest BCUT2D eigenvalue weighted by molar-refractivity contribution is 8.00. The fraction of sp³-hybridized carbons (Fsp3) is 0.312. The van der Waals surface area contributed by atoms with Crippen LogP contribution in [0.25, 0.3) is 0 Å². The molecular formula is C16H17F2NOS. The molecule has 5 heteroatoms. The quantitative estimate of drug-likeness (QED) is 0.604. The Morgan fingerprint density at radius 2 is 1.90 bits per heavy atom. The lowest BCUT2D eigenvalue weighted by molar-refractivity contribution is 0.102. The molecule has 0 saturated heterocycles. The molecule has 1 heterocycles. The van der Waals surface area contributed by atoms with E-state index in [9.17, 15) is 13.6 Å². The summed E-state index contributed by atoms with van der Waals surface area (Å²) < 4.78 is 28.0. The van der Waals surface area contributed by atoms with Crippen LogP contribution in [-0.4, -0.2) is 16.1 Å². The number of carbonyl (C=O) groups is 1. The molecule has 1 aromatic heterocycles. The number of Topliss-reactive ketones (excluding diaryl/α,β-unsaturated/α-hetero) is 1. The first-order valence-electron chi connectivity index (χ1n) is 6.71. The molecule has 2 aromatic rings. The predicted octanol–water partition coefficient (Wildman–Crippen LogP) is 4.38. The highest BCUT2D eigenvalue weighted by atomic mass is 32.2. The minimum atomic E-state index is -0.892. The average molecular weight is 309 g/mol. The summed E-state index contributed by atoms with van der Waals surface area (Å²) in [7, 11) is 0. The molecule has 0 radical (unpaired) electrons. The van der Waals surface area contributed by atoms with Gasteiger partial charge < -0.3 is 4.57 Å². The largest absolute Gasteiger partial charge is 0.349 e. The Balaban J connectivity index is 2.10. The van der Waals surface area contributed by atoms with E-state index in [1.807, 2.05) is 26.8 Å². The molecule has 0 aliphatic rings. The fourth-order valence-electron chi connectivity index (χ4n) is 2.36. The standard InChI is InChI=1S/C16H17F2NOS/c1-4-19-10(2)7-13(11(19)3)16(20)9-21-12-5-6-14(17)15(18)8-12/h5-8H,4,9H2,1-3H3. The van der Waals surface area contributed by atoms with Crippen molar-refractivity contribution in [3.05, 3.63) is 52.9 Å². The normalized spacial score (nSPS) is 10.9. The molecule has 0 fully saturated rings. The molecule has 112 valence electrons. The monoisotopic (exact) mass is 309 g/mol. The lowest BCUT2D eigenvalue weighted by Crippen LogP contribution is -2.05. The van der Waals surface area contributed by atoms with Crippen LogP contribution < -0.4 is 0 Å². The zero-order valence-corrected chi connectivity index (χ0v) is 13.1. The highest BCUT2D eigenvalue weighted by Gasteiger charge is 2.15. The molecule has 2 rings (SSSR count). The maximum Gasteiger partial charge on any atom is 0.174 e. The van der Waals surface area contributed by atoms with Gasteiger partial charge in [0.1, 0.15) is 0 Å². The molecule has 0 unspecified atom stereocenters. The minimum Gasteiger partial charge on any atom is -0.349 e. The van der Waals surface area contributed by atoms with Crippen LogP contribution in [0.1, 0.15) is 28.7 Å². The second-order valence-corrected chi connectivity index (χ2v) is 5.87. The van der Waals surface area contributed by atoms with Gasteiger partial charge in [0.25, 0.3) is 0 Å². The van der Waals surface area contributed by atoms with E-state index in [0.29, 0.717) is 10.5 Å². The van der Waals surface area contributed by atoms with Gasteiger partial charge in [-0.05, 0) is 45.0 Å². The Morgan fingerprint density at radius 3 is 2.48 bits per heavy atom. The number of hydrogen-bond acceptors (Lipinski definition) is 2. The summed E-state index contributed by atoms with van der Waals surface area (Å²) in [5.41, 5.74) is 2.70. The Hall–Kier alpha value is -1.62. The molecule has 0 spiro atoms. The van der Waals surface area contributed by atoms with Gasteiger partial charge in [-0.1, -0.05) is 0 Å². The maximum atomic E-state index is 13.1. The van der Waals surface area contributed by atoms with Crippen molar-refractivity contribution >= 4 is 17.5 Å². The fourth-order valence-corrected chi connectivity index (χ4v) is 3.17. The van der Waals surface area contributed by atoms with Crippen LogP contribution in [0.3, 0.4) is 0 Å². The van der Waals surface area contributed by atoms with Gasteiger partial charge in [0.2, 0.25) is 0 Å². The van der Waals surface area contributed by atoms with Crippen molar-refractivity contribution in [3.8, 4) is 0 Å². The minimum absolute atomic E-state index is 0.00228. The van der Waals surface area contributed by atoms with Crippen LogP contribution in [0.5, 0.6) is 0 Å². The van der Waals surface area contributed by atoms with E-state index in [1.165, 1.54) is 17.8 Å². The number of ketones is 1. The number of nitrogens with zero attached hydrogens (tertiary/aromatic N) is 1. The second-order valence-electron chi connectivity index (χ2n) is 4.82. The number of thioether (sulfide) groups is 1. The smallest absolute Gasteiger partial charge is 0.174 e. The number of rotatable bonds is 5. The van der Waals surface area contributed by atoms with E-state index >= 15 is 0 Å². The summed E-state index contributed by atoms with van der Waals surface area (Å²) in [6, 6.07) is 5.55. The lowest BCUT2D eigenvalue weighted by Gasteiger charge is -2.06. The Kier molecular flexibility index (Phi) is 4.83. The van der Waals surface area contributed by atoms with Gasteiger partial charge in [0.15, 0.2) is 17.4 Å². The summed E-state index contributed by atoms with van der Waals surface area (Å²) in [6.07, 6.45) is 0. The van der Waals surface area contributed by atoms with Crippen molar-refractivity contribution in [2.75, 3.05) is 5.75 Å². The Bertz CT molecular complexity index is 679. The number of carbonyl (C=O) groups excluding carboxylic acids is 1. The second kappa shape index (κ2) is 6.43. The summed E-state index contributed by atoms with van der Waals surface area (Å²) in [5, 5.41) is 0. The zero-order chi connectivity index (χ0) is 15.6. The summed E-state index contributed by atoms with van der Waals surface area (Å²) in [6.45, 7) is 6.74. The van der Waals surface area contributed by atoms with Crippen LogP contribution in [-0.2, 0) is 6.54 Å². The molecule has 0 bridgehead atoms. The van der Waals surface area contributed by atoms with Gasteiger partial charge in [-0.25, -0.2) is 8.78 Å². The maximum absolute atomic E-state index is 13.1. The number of hydrogen-bond donors (Lipinski definition) is 0. The first-order valence-corrected chi connectivity index (χ1v) is 7.70. The highest BCUT2D eigenvalue weighted by Crippen LogP contribution is 2.23. The summed E-state index contributed by atoms with van der Waals surface area (Å²) in [5.74, 6) is -1.56. The van der Waals surface area contributed by atoms with Crippen molar-refractivity contribution in [2.24, 2.45) is 0 Å². The van der Waals surface area contributed by atoms with Gasteiger partial charge >= 0.3 is 0 Å². The first kappa shape index (κ1) is 15.8. The van der Waals surface area contributed by atoms with Crippen LogP contribution in [0.4, 0.5) is 8.78 Å². The van der Waals surface area contributed by atoms with Crippen LogP contribution in [0, 0.1) is 25.5 Å². The molecular weight excluding hydrogens is 292 g/mol. The number of aryl methyl sites for hydroxylation is 1. The van der Waals surface area contributed by atoms with E-state index in [-0.39, 0.29) is 11.5 Å². The number of halogens is 2. The van der Waals surface area contributed by atoms with Gasteiger partial charge in [-0.3, -0.25) is 4.79 Å². The molecule has 21 heavy (non-hydrogen) atoms. The van der Waals surface area contributed by atoms with Crippen molar-refractivity contribution in [2.45, 2.75) is 32.2 Å². The van der Waals surface area contributed by atoms with Crippen LogP contribution >= 0.6 is 11.8 Å². The molecule has 0 N–H and O–H groups in total. The Morgan fingerprint density at radius 1 is 1.19 bits per heavy atom. The molecule has 0 amide bonds. The number of benzene rings is 1. The zero-order valence-electron chi connectivity index (χ0n) is 12.2. The van der Waals surface area contributed by atoms with Crippen LogP contribution in [0.2, 0.25) is 0 Å². The van der Waals surface area contributed by atoms with Crippen molar-refractivity contribution in [1.82, 2.24) is 4.57 Å². The van der Waals surface area contributed by atoms with E-state index < -0.39 is 11.6 Å². The Labute approximate surface area is 127 Å². The molecule has 0 aliphatic heterocycles. The van der Waals surface area contributed by atoms with Gasteiger partial charge in [0, 0.05) is 28.4 Å². The van der Waals surface area contributed by atoms with E-state index in [1.54, 1.807) is 0 Å². The third-order valence-electron chi connectivity index (χ3n) is 3.45. The van der Waals surface area contributed by atoms with Crippen molar-refractivity contribution < 1.29 is 13.6 Å². The third-order valence-corrected chi connectivity index (χ3v) is 4.45. The molecule has 2 nitrogen and oxygen atoms in total. The van der Waals surface area contributed by atoms with Gasteiger partial charge in [-0.15, -0.1) is 11.8 Å². The number of aromatic nitrogens is 1. The summed E-state index contributed by atoms with van der Waals surface area (Å²) in [4.78, 5) is 12.8.